The zero-order valence-electron chi connectivity index (χ0n) is 2.91. The van der Waals surface area contributed by atoms with Crippen molar-refractivity contribution in [1.82, 2.24) is 0 Å². The molecule has 0 spiro atoms. The van der Waals surface area contributed by atoms with Crippen molar-refractivity contribution < 1.29 is 1.37 Å². The highest BCUT2D eigenvalue weighted by Crippen LogP contribution is 1.76. The van der Waals surface area contributed by atoms with Crippen molar-refractivity contribution >= 4 is 40.7 Å². The molecule has 0 fully saturated rings. The number of rotatable bonds is 1. The van der Waals surface area contributed by atoms with Crippen LogP contribution in [0.25, 0.3) is 0 Å². The third kappa shape index (κ3) is 3.08. The predicted molar refractivity (Wildman–Crippen MR) is 30.5 cm³/mol. The van der Waals surface area contributed by atoms with Gasteiger partial charge in [-0.2, -0.15) is 0 Å². The van der Waals surface area contributed by atoms with Gasteiger partial charge in [0.2, 0.25) is 6.69 Å². The Hall–Kier alpha value is 1.08. The second kappa shape index (κ2) is 4.08. The fourth-order valence-electron chi connectivity index (χ4n) is 0. The maximum atomic E-state index is 6.63. The molecule has 0 aromatic heterocycles. The van der Waals surface area contributed by atoms with Crippen molar-refractivity contribution in [3.05, 3.63) is 0 Å². The molecule has 0 saturated heterocycles. The molecule has 0 rings (SSSR count). The Morgan fingerprint density at radius 3 is 2.75 bits per heavy atom. The molecular formula is CH2BClI. The number of halogens is 2. The van der Waals surface area contributed by atoms with Crippen molar-refractivity contribution in [3.8, 4) is 0 Å². The number of hydrogen-bond donors (Lipinski definition) is 0. The van der Waals surface area contributed by atoms with Gasteiger partial charge in [-0.3, -0.25) is 0 Å². The van der Waals surface area contributed by atoms with Crippen LogP contribution in [0.4, 0.5) is 0 Å². The van der Waals surface area contributed by atoms with E-state index in [0.717, 1.165) is 0 Å². The average Bonchev–Trinajstić information content (AvgIpc) is 1.38. The molecule has 1 unspecified atom stereocenters. The average molecular weight is 189 g/mol. The van der Waals surface area contributed by atoms with E-state index in [1.165, 1.54) is 6.69 Å². The predicted octanol–water partition coefficient (Wildman–Crippen LogP) is 1.24. The van der Waals surface area contributed by atoms with Gasteiger partial charge < -0.3 is 0 Å². The zero-order chi connectivity index (χ0) is 4.28. The van der Waals surface area contributed by atoms with Crippen LogP contribution in [0.15, 0.2) is 0 Å². The first-order valence-corrected chi connectivity index (χ1v) is 2.45. The van der Waals surface area contributed by atoms with Gasteiger partial charge in [0.25, 0.3) is 0 Å². The van der Waals surface area contributed by atoms with Crippen LogP contribution < -0.4 is 0 Å². The van der Waals surface area contributed by atoms with Crippen LogP contribution in [0, 0.1) is 0 Å². The fraction of sp³-hybridized carbons (Fsp3) is 1.00. The van der Waals surface area contributed by atoms with Crippen LogP contribution in [-0.2, 0) is 0 Å². The van der Waals surface area contributed by atoms with E-state index in [-0.39, 0.29) is 4.30 Å². The second-order valence-corrected chi connectivity index (χ2v) is 1.22. The molecule has 0 heterocycles. The summed E-state index contributed by atoms with van der Waals surface area (Å²) in [5, 5.41) is 0. The maximum Gasteiger partial charge on any atom is 0.248 e. The molecule has 0 aliphatic rings. The molecule has 23 valence electrons. The van der Waals surface area contributed by atoms with E-state index < -0.39 is 0 Å². The molecule has 0 saturated carbocycles. The highest BCUT2D eigenvalue weighted by Gasteiger charge is 1.68. The van der Waals surface area contributed by atoms with E-state index in [1.54, 1.807) is 0 Å². The van der Waals surface area contributed by atoms with Gasteiger partial charge in [0.15, 0.2) is 0 Å². The Kier molecular flexibility index (Phi) is 3.35. The normalized spacial score (nSPS) is 18.0. The molecule has 0 amide bonds. The van der Waals surface area contributed by atoms with Gasteiger partial charge in [0.1, 0.15) is 0 Å². The summed E-state index contributed by atoms with van der Waals surface area (Å²) in [4.78, 5) is 0. The summed E-state index contributed by atoms with van der Waals surface area (Å²) in [6, 6.07) is 0. The van der Waals surface area contributed by atoms with Gasteiger partial charge in [-0.15, -0.1) is 0 Å². The van der Waals surface area contributed by atoms with Gasteiger partial charge in [0, 0.05) is 1.37 Å². The van der Waals surface area contributed by atoms with Crippen LogP contribution in [0.5, 0.6) is 0 Å². The van der Waals surface area contributed by atoms with Crippen molar-refractivity contribution in [3.63, 3.8) is 0 Å². The largest absolute Gasteiger partial charge is 0.248 e. The smallest absolute Gasteiger partial charge is 0.203 e. The molecule has 0 bridgehead atoms. The van der Waals surface area contributed by atoms with Gasteiger partial charge in [-0.05, 0) is 4.30 Å². The van der Waals surface area contributed by atoms with Crippen molar-refractivity contribution in [2.24, 2.45) is 0 Å². The lowest BCUT2D eigenvalue weighted by Gasteiger charge is -1.58. The minimum atomic E-state index is -0.255. The SMILES string of the molecule is [3H]C(I)[B]Cl. The van der Waals surface area contributed by atoms with Crippen molar-refractivity contribution in [2.75, 3.05) is 4.30 Å². The summed E-state index contributed by atoms with van der Waals surface area (Å²) in [6.07, 6.45) is 0. The number of hydrogen-bond acceptors (Lipinski definition) is 0. The lowest BCUT2D eigenvalue weighted by atomic mass is 10.2. The first-order chi connectivity index (χ1) is 2.27. The maximum absolute atomic E-state index is 6.63. The standard InChI is InChI=1S/CH2BClI/c3-2-1-4/h1H2/i1T. The third-order valence-electron chi connectivity index (χ3n) is 0.0476. The van der Waals surface area contributed by atoms with E-state index >= 15 is 0 Å². The van der Waals surface area contributed by atoms with E-state index in [4.69, 9.17) is 12.8 Å². The first kappa shape index (κ1) is 3.28. The molecule has 0 aromatic rings. The summed E-state index contributed by atoms with van der Waals surface area (Å²) in [5.74, 6) is 0. The lowest BCUT2D eigenvalue weighted by molar-refractivity contribution is 2.35. The summed E-state index contributed by atoms with van der Waals surface area (Å²) in [6.45, 7) is 1.29. The Morgan fingerprint density at radius 2 is 2.75 bits per heavy atom. The van der Waals surface area contributed by atoms with Crippen LogP contribution in [0.3, 0.4) is 0 Å². The molecule has 0 aliphatic carbocycles. The summed E-state index contributed by atoms with van der Waals surface area (Å²) in [7, 11) is 0. The van der Waals surface area contributed by atoms with Gasteiger partial charge in [-0.1, -0.05) is 22.6 Å². The monoisotopic (exact) mass is 189 g/mol. The minimum Gasteiger partial charge on any atom is -0.203 e. The molecule has 1 atom stereocenters. The highest BCUT2D eigenvalue weighted by molar-refractivity contribution is 14.1. The molecule has 3 heteroatoms. The molecule has 0 aliphatic heterocycles. The van der Waals surface area contributed by atoms with E-state index in [1.807, 2.05) is 22.6 Å². The minimum absolute atomic E-state index is 0.255. The summed E-state index contributed by atoms with van der Waals surface area (Å²) in [5.41, 5.74) is 0. The molecule has 0 nitrogen and oxygen atoms in total. The van der Waals surface area contributed by atoms with Crippen LogP contribution in [0.2, 0.25) is 0 Å². The molecular weight excluding hydrogens is 185 g/mol. The third-order valence-corrected chi connectivity index (χ3v) is 0.958. The lowest BCUT2D eigenvalue weighted by Crippen LogP contribution is -1.70. The van der Waals surface area contributed by atoms with Crippen LogP contribution in [0.1, 0.15) is 1.37 Å². The molecule has 0 N–H and O–H groups in total. The fourth-order valence-corrected chi connectivity index (χ4v) is 0. The van der Waals surface area contributed by atoms with Crippen LogP contribution in [-0.4, -0.2) is 11.0 Å². The van der Waals surface area contributed by atoms with E-state index in [9.17, 15) is 0 Å². The van der Waals surface area contributed by atoms with Gasteiger partial charge in [-0.25, -0.2) is 11.5 Å². The van der Waals surface area contributed by atoms with Crippen molar-refractivity contribution in [2.45, 2.75) is 0 Å². The van der Waals surface area contributed by atoms with E-state index in [0.29, 0.717) is 0 Å². The number of alkyl halides is 1. The zero-order valence-corrected chi connectivity index (χ0v) is 4.82. The van der Waals surface area contributed by atoms with Crippen LogP contribution >= 0.6 is 34.1 Å². The highest BCUT2D eigenvalue weighted by atomic mass is 127. The van der Waals surface area contributed by atoms with E-state index in [2.05, 4.69) is 0 Å². The quantitative estimate of drug-likeness (QED) is 0.331. The Bertz CT molecular complexity index is 25.6. The first-order valence-electron chi connectivity index (χ1n) is 1.35. The van der Waals surface area contributed by atoms with Crippen molar-refractivity contribution in [1.29, 1.82) is 0 Å². The Morgan fingerprint density at radius 1 is 2.50 bits per heavy atom. The molecule has 4 heavy (non-hydrogen) atoms. The summed E-state index contributed by atoms with van der Waals surface area (Å²) >= 11 is 6.90. The Balaban J connectivity index is 2.54. The van der Waals surface area contributed by atoms with Gasteiger partial charge in [0.05, 0.1) is 0 Å². The summed E-state index contributed by atoms with van der Waals surface area (Å²) < 4.78 is 6.37. The molecule has 1 radical (unpaired) electrons. The van der Waals surface area contributed by atoms with Gasteiger partial charge >= 0.3 is 0 Å². The topological polar surface area (TPSA) is 0 Å². The Labute approximate surface area is 46.6 Å². The second-order valence-electron chi connectivity index (χ2n) is 0.252. The molecule has 0 aromatic carbocycles.